The minimum atomic E-state index is -1.31. The Balaban J connectivity index is 1.42. The van der Waals surface area contributed by atoms with Gasteiger partial charge in [0.15, 0.2) is 5.96 Å². The third-order valence-electron chi connectivity index (χ3n) is 8.94. The summed E-state index contributed by atoms with van der Waals surface area (Å²) in [4.78, 5) is 7.42. The maximum absolute atomic E-state index is 11.8. The first-order chi connectivity index (χ1) is 16.7. The summed E-state index contributed by atoms with van der Waals surface area (Å²) in [6.45, 7) is 4.91. The van der Waals surface area contributed by atoms with Gasteiger partial charge >= 0.3 is 0 Å². The highest BCUT2D eigenvalue weighted by molar-refractivity contribution is 5.80. The van der Waals surface area contributed by atoms with E-state index in [0.29, 0.717) is 51.0 Å². The summed E-state index contributed by atoms with van der Waals surface area (Å²) in [6, 6.07) is 10.4. The fourth-order valence-electron chi connectivity index (χ4n) is 7.10. The summed E-state index contributed by atoms with van der Waals surface area (Å²) >= 11 is 0. The molecule has 0 saturated heterocycles. The number of para-hydroxylation sites is 1. The van der Waals surface area contributed by atoms with Crippen molar-refractivity contribution in [2.75, 3.05) is 13.6 Å². The molecule has 7 unspecified atom stereocenters. The summed E-state index contributed by atoms with van der Waals surface area (Å²) in [5.74, 6) is 0.170. The average Bonchev–Trinajstić information content (AvgIpc) is 3.33. The Bertz CT molecular complexity index is 1120. The maximum atomic E-state index is 11.8. The molecule has 1 aromatic carbocycles. The van der Waals surface area contributed by atoms with Crippen LogP contribution in [0.15, 0.2) is 59.6 Å². The monoisotopic (exact) mass is 478 g/mol. The summed E-state index contributed by atoms with van der Waals surface area (Å²) in [7, 11) is 1.61. The van der Waals surface area contributed by atoms with E-state index in [2.05, 4.69) is 52.2 Å². The molecule has 7 N–H and O–H groups in total. The molecule has 188 valence electrons. The van der Waals surface area contributed by atoms with Gasteiger partial charge in [-0.05, 0) is 73.3 Å². The first kappa shape index (κ1) is 24.1. The van der Waals surface area contributed by atoms with Crippen molar-refractivity contribution in [1.82, 2.24) is 10.3 Å². The van der Waals surface area contributed by atoms with E-state index in [0.717, 1.165) is 16.8 Å². The average molecular weight is 479 g/mol. The van der Waals surface area contributed by atoms with E-state index in [1.165, 1.54) is 5.39 Å². The van der Waals surface area contributed by atoms with Crippen LogP contribution in [-0.2, 0) is 6.42 Å². The standard InChI is InChI=1S/C28H38N4O3/c1-17(12-20-13-18-6-3-4-8-24(18)32-20)21-14-23-22(27(34)9-5-7-19(21)16-27)15-25(33)28(23,35)10-11-31-26(29)30-2/h3-8,13,19,21-23,25,32-35H,1,9-12,14-16H2,2H3,(H3,29,30,31). The molecule has 35 heavy (non-hydrogen) atoms. The van der Waals surface area contributed by atoms with Gasteiger partial charge in [-0.25, -0.2) is 0 Å². The van der Waals surface area contributed by atoms with Crippen molar-refractivity contribution in [2.45, 2.75) is 55.8 Å². The molecule has 3 aliphatic carbocycles. The summed E-state index contributed by atoms with van der Waals surface area (Å²) in [5, 5.41) is 38.9. The Kier molecular flexibility index (Phi) is 6.28. The van der Waals surface area contributed by atoms with Gasteiger partial charge in [-0.1, -0.05) is 42.5 Å². The fourth-order valence-corrected chi connectivity index (χ4v) is 7.10. The Hall–Kier alpha value is -2.61. The number of aliphatic hydroxyl groups excluding tert-OH is 1. The first-order valence-electron chi connectivity index (χ1n) is 12.7. The molecule has 7 atom stereocenters. The fraction of sp³-hybridized carbons (Fsp3) is 0.536. The number of fused-ring (bicyclic) bond motifs is 5. The number of nitrogens with two attached hydrogens (primary N) is 1. The van der Waals surface area contributed by atoms with Gasteiger partial charge in [0.2, 0.25) is 0 Å². The van der Waals surface area contributed by atoms with E-state index >= 15 is 0 Å². The van der Waals surface area contributed by atoms with Gasteiger partial charge in [0.1, 0.15) is 0 Å². The van der Waals surface area contributed by atoms with E-state index < -0.39 is 17.3 Å². The number of allylic oxidation sites excluding steroid dienone is 2. The van der Waals surface area contributed by atoms with Crippen LogP contribution in [-0.4, -0.2) is 57.2 Å². The Morgan fingerprint density at radius 2 is 2.06 bits per heavy atom. The Morgan fingerprint density at radius 3 is 2.83 bits per heavy atom. The molecular weight excluding hydrogens is 440 g/mol. The number of aromatic amines is 1. The van der Waals surface area contributed by atoms with Crippen LogP contribution >= 0.6 is 0 Å². The van der Waals surface area contributed by atoms with Crippen molar-refractivity contribution in [1.29, 1.82) is 0 Å². The number of guanidine groups is 1. The molecule has 2 fully saturated rings. The second-order valence-electron chi connectivity index (χ2n) is 10.9. The van der Waals surface area contributed by atoms with Crippen molar-refractivity contribution in [3.63, 3.8) is 0 Å². The van der Waals surface area contributed by atoms with Gasteiger partial charge in [0.05, 0.1) is 17.3 Å². The maximum Gasteiger partial charge on any atom is 0.188 e. The first-order valence-corrected chi connectivity index (χ1v) is 12.7. The number of nitrogens with one attached hydrogen (secondary N) is 2. The van der Waals surface area contributed by atoms with E-state index in [4.69, 9.17) is 5.73 Å². The minimum Gasteiger partial charge on any atom is -0.390 e. The predicted octanol–water partition coefficient (Wildman–Crippen LogP) is 2.64. The molecule has 0 spiro atoms. The third kappa shape index (κ3) is 4.30. The van der Waals surface area contributed by atoms with Crippen LogP contribution in [0.3, 0.4) is 0 Å². The molecule has 1 aromatic heterocycles. The molecular formula is C28H38N4O3. The largest absolute Gasteiger partial charge is 0.390 e. The van der Waals surface area contributed by atoms with Crippen LogP contribution in [0, 0.1) is 23.7 Å². The quantitative estimate of drug-likeness (QED) is 0.216. The Morgan fingerprint density at radius 1 is 1.26 bits per heavy atom. The van der Waals surface area contributed by atoms with Crippen molar-refractivity contribution < 1.29 is 15.3 Å². The van der Waals surface area contributed by atoms with Gasteiger partial charge < -0.3 is 31.4 Å². The van der Waals surface area contributed by atoms with Gasteiger partial charge in [-0.3, -0.25) is 4.99 Å². The van der Waals surface area contributed by atoms with Gasteiger partial charge in [0.25, 0.3) is 0 Å². The molecule has 0 amide bonds. The number of aliphatic imine (C=N–C) groups is 1. The number of rotatable bonds is 6. The molecule has 0 radical (unpaired) electrons. The van der Waals surface area contributed by atoms with Crippen LogP contribution in [0.2, 0.25) is 0 Å². The number of H-pyrrole nitrogens is 1. The number of nitrogens with zero attached hydrogens (tertiary/aromatic N) is 1. The second-order valence-corrected chi connectivity index (χ2v) is 10.9. The molecule has 5 rings (SSSR count). The van der Waals surface area contributed by atoms with Gasteiger partial charge in [-0.2, -0.15) is 0 Å². The summed E-state index contributed by atoms with van der Waals surface area (Å²) in [5.41, 5.74) is 6.87. The number of aliphatic hydroxyl groups is 3. The SMILES string of the molecule is C=C(Cc1cc2ccccc2[nH]1)C1CC2C(CC(O)C2(O)CCNC(N)=NC)C2(O)CC=CC1C2. The van der Waals surface area contributed by atoms with Crippen molar-refractivity contribution >= 4 is 16.9 Å². The molecule has 7 nitrogen and oxygen atoms in total. The van der Waals surface area contributed by atoms with E-state index in [1.807, 2.05) is 12.1 Å². The number of benzene rings is 1. The molecule has 0 aliphatic heterocycles. The number of aromatic nitrogens is 1. The summed E-state index contributed by atoms with van der Waals surface area (Å²) < 4.78 is 0. The van der Waals surface area contributed by atoms with Crippen molar-refractivity contribution in [3.05, 3.63) is 60.3 Å². The van der Waals surface area contributed by atoms with E-state index in [-0.39, 0.29) is 23.7 Å². The van der Waals surface area contributed by atoms with E-state index in [9.17, 15) is 15.3 Å². The third-order valence-corrected chi connectivity index (χ3v) is 8.94. The minimum absolute atomic E-state index is 0.103. The zero-order valence-corrected chi connectivity index (χ0v) is 20.5. The number of hydrogen-bond acceptors (Lipinski definition) is 4. The lowest BCUT2D eigenvalue weighted by atomic mass is 9.71. The topological polar surface area (TPSA) is 127 Å². The molecule has 1 heterocycles. The normalized spacial score (nSPS) is 36.7. The molecule has 3 aliphatic rings. The van der Waals surface area contributed by atoms with Gasteiger partial charge in [0, 0.05) is 31.2 Å². The molecule has 7 heteroatoms. The molecule has 2 aromatic rings. The summed E-state index contributed by atoms with van der Waals surface area (Å²) in [6.07, 6.45) is 6.75. The van der Waals surface area contributed by atoms with Crippen molar-refractivity contribution in [3.8, 4) is 0 Å². The zero-order chi connectivity index (χ0) is 24.8. The highest BCUT2D eigenvalue weighted by atomic mass is 16.3. The lowest BCUT2D eigenvalue weighted by molar-refractivity contribution is -0.102. The van der Waals surface area contributed by atoms with Gasteiger partial charge in [-0.15, -0.1) is 0 Å². The highest BCUT2D eigenvalue weighted by Gasteiger charge is 2.61. The molecule has 2 saturated carbocycles. The van der Waals surface area contributed by atoms with Crippen LogP contribution in [0.4, 0.5) is 0 Å². The van der Waals surface area contributed by atoms with E-state index in [1.54, 1.807) is 7.05 Å². The number of hydrogen-bond donors (Lipinski definition) is 6. The second kappa shape index (κ2) is 9.12. The van der Waals surface area contributed by atoms with Crippen LogP contribution < -0.4 is 11.1 Å². The lowest BCUT2D eigenvalue weighted by Crippen LogP contribution is -2.49. The van der Waals surface area contributed by atoms with Crippen LogP contribution in [0.5, 0.6) is 0 Å². The smallest absolute Gasteiger partial charge is 0.188 e. The Labute approximate surface area is 206 Å². The molecule has 2 bridgehead atoms. The van der Waals surface area contributed by atoms with Crippen LogP contribution in [0.25, 0.3) is 10.9 Å². The lowest BCUT2D eigenvalue weighted by Gasteiger charge is -2.40. The van der Waals surface area contributed by atoms with Crippen LogP contribution in [0.1, 0.15) is 37.8 Å². The zero-order valence-electron chi connectivity index (χ0n) is 20.5. The predicted molar refractivity (Wildman–Crippen MR) is 139 cm³/mol. The van der Waals surface area contributed by atoms with Crippen molar-refractivity contribution in [2.24, 2.45) is 34.4 Å². The highest BCUT2D eigenvalue weighted by Crippen LogP contribution is 2.57.